The molecule has 2 N–H and O–H groups in total. The van der Waals surface area contributed by atoms with Gasteiger partial charge in [0.15, 0.2) is 0 Å². The number of rotatable bonds is 2. The highest BCUT2D eigenvalue weighted by Gasteiger charge is 2.07. The van der Waals surface area contributed by atoms with Gasteiger partial charge in [-0.15, -0.1) is 0 Å². The van der Waals surface area contributed by atoms with Crippen LogP contribution in [0.2, 0.25) is 0 Å². The molecule has 0 amide bonds. The summed E-state index contributed by atoms with van der Waals surface area (Å²) in [5, 5.41) is 0. The Morgan fingerprint density at radius 2 is 2.12 bits per heavy atom. The van der Waals surface area contributed by atoms with Gasteiger partial charge in [-0.3, -0.25) is 4.98 Å². The third-order valence-corrected chi connectivity index (χ3v) is 2.15. The molecule has 0 aliphatic heterocycles. The summed E-state index contributed by atoms with van der Waals surface area (Å²) in [6.45, 7) is 1.88. The number of hydrogen-bond acceptors (Lipinski definition) is 5. The number of hydrogen-bond donors (Lipinski definition) is 1. The lowest BCUT2D eigenvalue weighted by atomic mass is 10.1. The van der Waals surface area contributed by atoms with Gasteiger partial charge < -0.3 is 10.5 Å². The van der Waals surface area contributed by atoms with Crippen LogP contribution in [0.3, 0.4) is 0 Å². The number of aromatic nitrogens is 3. The zero-order valence-electron chi connectivity index (χ0n) is 9.14. The lowest BCUT2D eigenvalue weighted by Crippen LogP contribution is -1.98. The molecule has 2 rings (SSSR count). The van der Waals surface area contributed by atoms with Gasteiger partial charge in [-0.1, -0.05) is 0 Å². The summed E-state index contributed by atoms with van der Waals surface area (Å²) in [5.41, 5.74) is 8.81. The fourth-order valence-corrected chi connectivity index (χ4v) is 1.39. The van der Waals surface area contributed by atoms with Crippen molar-refractivity contribution < 1.29 is 4.74 Å². The van der Waals surface area contributed by atoms with Gasteiger partial charge >= 0.3 is 6.01 Å². The predicted molar refractivity (Wildman–Crippen MR) is 61.0 cm³/mol. The van der Waals surface area contributed by atoms with Gasteiger partial charge in [-0.2, -0.15) is 4.98 Å². The Hall–Kier alpha value is -2.17. The second-order valence-electron chi connectivity index (χ2n) is 3.34. The first-order valence-corrected chi connectivity index (χ1v) is 4.80. The van der Waals surface area contributed by atoms with Gasteiger partial charge in [-0.25, -0.2) is 4.98 Å². The molecule has 5 nitrogen and oxygen atoms in total. The first-order valence-electron chi connectivity index (χ1n) is 4.80. The standard InChI is InChI=1S/C11H12N4O/c1-7-5-10(15-11(14-7)16-2)8-6-13-4-3-9(8)12/h3-6H,1-2H3,(H2,12,13). The van der Waals surface area contributed by atoms with Crippen LogP contribution in [0, 0.1) is 6.92 Å². The van der Waals surface area contributed by atoms with Crippen LogP contribution in [-0.4, -0.2) is 22.1 Å². The second-order valence-corrected chi connectivity index (χ2v) is 3.34. The van der Waals surface area contributed by atoms with E-state index in [1.807, 2.05) is 13.0 Å². The number of nitrogens with zero attached hydrogens (tertiary/aromatic N) is 3. The molecular formula is C11H12N4O. The minimum atomic E-state index is 0.332. The van der Waals surface area contributed by atoms with E-state index in [-0.39, 0.29) is 0 Å². The van der Waals surface area contributed by atoms with Gasteiger partial charge in [0, 0.05) is 29.3 Å². The topological polar surface area (TPSA) is 73.9 Å². The molecule has 0 saturated carbocycles. The van der Waals surface area contributed by atoms with E-state index in [9.17, 15) is 0 Å². The van der Waals surface area contributed by atoms with Gasteiger partial charge in [0.25, 0.3) is 0 Å². The van der Waals surface area contributed by atoms with E-state index in [2.05, 4.69) is 15.0 Å². The molecule has 0 bridgehead atoms. The zero-order chi connectivity index (χ0) is 11.5. The van der Waals surface area contributed by atoms with Crippen molar-refractivity contribution in [2.45, 2.75) is 6.92 Å². The highest BCUT2D eigenvalue weighted by atomic mass is 16.5. The van der Waals surface area contributed by atoms with E-state index >= 15 is 0 Å². The maximum absolute atomic E-state index is 5.85. The molecule has 0 saturated heterocycles. The van der Waals surface area contributed by atoms with Crippen LogP contribution in [0.5, 0.6) is 6.01 Å². The molecule has 0 aliphatic carbocycles. The highest BCUT2D eigenvalue weighted by molar-refractivity contribution is 5.72. The summed E-state index contributed by atoms with van der Waals surface area (Å²) in [7, 11) is 1.53. The van der Waals surface area contributed by atoms with Crippen LogP contribution in [0.4, 0.5) is 5.69 Å². The second kappa shape index (κ2) is 4.14. The Kier molecular flexibility index (Phi) is 2.68. The van der Waals surface area contributed by atoms with Crippen LogP contribution < -0.4 is 10.5 Å². The Labute approximate surface area is 93.3 Å². The summed E-state index contributed by atoms with van der Waals surface area (Å²) >= 11 is 0. The minimum absolute atomic E-state index is 0.332. The lowest BCUT2D eigenvalue weighted by Gasteiger charge is -2.06. The molecule has 2 heterocycles. The maximum Gasteiger partial charge on any atom is 0.316 e. The molecule has 5 heteroatoms. The van der Waals surface area contributed by atoms with Crippen molar-refractivity contribution in [2.24, 2.45) is 0 Å². The van der Waals surface area contributed by atoms with E-state index in [4.69, 9.17) is 10.5 Å². The fraction of sp³-hybridized carbons (Fsp3) is 0.182. The molecule has 0 fully saturated rings. The van der Waals surface area contributed by atoms with Crippen molar-refractivity contribution in [3.63, 3.8) is 0 Å². The van der Waals surface area contributed by atoms with E-state index in [1.165, 1.54) is 7.11 Å². The molecule has 82 valence electrons. The van der Waals surface area contributed by atoms with Gasteiger partial charge in [0.05, 0.1) is 12.8 Å². The number of aryl methyl sites for hydroxylation is 1. The Balaban J connectivity index is 2.56. The molecule has 0 radical (unpaired) electrons. The average molecular weight is 216 g/mol. The normalized spacial score (nSPS) is 10.1. The number of nitrogens with two attached hydrogens (primary N) is 1. The fourth-order valence-electron chi connectivity index (χ4n) is 1.39. The van der Waals surface area contributed by atoms with Crippen LogP contribution in [0.15, 0.2) is 24.5 Å². The van der Waals surface area contributed by atoms with E-state index in [0.717, 1.165) is 17.0 Å². The highest BCUT2D eigenvalue weighted by Crippen LogP contribution is 2.24. The third-order valence-electron chi connectivity index (χ3n) is 2.15. The van der Waals surface area contributed by atoms with Crippen LogP contribution in [0.25, 0.3) is 11.3 Å². The number of anilines is 1. The Morgan fingerprint density at radius 1 is 1.31 bits per heavy atom. The summed E-state index contributed by atoms with van der Waals surface area (Å²) < 4.78 is 5.01. The van der Waals surface area contributed by atoms with Crippen molar-refractivity contribution in [1.29, 1.82) is 0 Å². The molecule has 0 unspecified atom stereocenters. The summed E-state index contributed by atoms with van der Waals surface area (Å²) in [5.74, 6) is 0. The molecule has 0 atom stereocenters. The van der Waals surface area contributed by atoms with Crippen LogP contribution in [0.1, 0.15) is 5.69 Å². The van der Waals surface area contributed by atoms with E-state index < -0.39 is 0 Å². The third kappa shape index (κ3) is 1.93. The zero-order valence-corrected chi connectivity index (χ0v) is 9.14. The average Bonchev–Trinajstić information content (AvgIpc) is 2.28. The molecule has 2 aromatic heterocycles. The minimum Gasteiger partial charge on any atom is -0.467 e. The SMILES string of the molecule is COc1nc(C)cc(-c2cnccc2N)n1. The van der Waals surface area contributed by atoms with Gasteiger partial charge in [0.1, 0.15) is 0 Å². The molecule has 16 heavy (non-hydrogen) atoms. The molecule has 2 aromatic rings. The lowest BCUT2D eigenvalue weighted by molar-refractivity contribution is 0.379. The van der Waals surface area contributed by atoms with Crippen molar-refractivity contribution in [1.82, 2.24) is 15.0 Å². The largest absolute Gasteiger partial charge is 0.467 e. The molecule has 0 aromatic carbocycles. The molecule has 0 spiro atoms. The number of methoxy groups -OCH3 is 1. The summed E-state index contributed by atoms with van der Waals surface area (Å²) in [4.78, 5) is 12.4. The Morgan fingerprint density at radius 3 is 2.81 bits per heavy atom. The summed E-state index contributed by atoms with van der Waals surface area (Å²) in [6, 6.07) is 3.91. The first kappa shape index (κ1) is 10.4. The predicted octanol–water partition coefficient (Wildman–Crippen LogP) is 1.44. The first-order chi connectivity index (χ1) is 7.70. The van der Waals surface area contributed by atoms with Crippen LogP contribution >= 0.6 is 0 Å². The van der Waals surface area contributed by atoms with E-state index in [0.29, 0.717) is 11.7 Å². The number of ether oxygens (including phenoxy) is 1. The van der Waals surface area contributed by atoms with Crippen LogP contribution in [-0.2, 0) is 0 Å². The summed E-state index contributed by atoms with van der Waals surface area (Å²) in [6.07, 6.45) is 3.32. The molecule has 0 aliphatic rings. The number of pyridine rings is 1. The van der Waals surface area contributed by atoms with Gasteiger partial charge in [0.2, 0.25) is 0 Å². The Bertz CT molecular complexity index is 513. The van der Waals surface area contributed by atoms with Crippen molar-refractivity contribution in [3.8, 4) is 17.3 Å². The smallest absolute Gasteiger partial charge is 0.316 e. The number of nitrogen functional groups attached to an aromatic ring is 1. The van der Waals surface area contributed by atoms with Crippen molar-refractivity contribution >= 4 is 5.69 Å². The van der Waals surface area contributed by atoms with Gasteiger partial charge in [-0.05, 0) is 19.1 Å². The monoisotopic (exact) mass is 216 g/mol. The molecular weight excluding hydrogens is 204 g/mol. The van der Waals surface area contributed by atoms with Crippen molar-refractivity contribution in [2.75, 3.05) is 12.8 Å². The van der Waals surface area contributed by atoms with E-state index in [1.54, 1.807) is 18.5 Å². The quantitative estimate of drug-likeness (QED) is 0.822. The maximum atomic E-state index is 5.85. The van der Waals surface area contributed by atoms with Crippen molar-refractivity contribution in [3.05, 3.63) is 30.2 Å².